The first-order chi connectivity index (χ1) is 6.29. The molecule has 0 atom stereocenters. The maximum absolute atomic E-state index is 10.1. The molecule has 1 aromatic heterocycles. The highest BCUT2D eigenvalue weighted by Gasteiger charge is 2.00. The van der Waals surface area contributed by atoms with Crippen molar-refractivity contribution in [1.82, 2.24) is 15.2 Å². The second-order valence-electron chi connectivity index (χ2n) is 2.34. The average molecular weight is 239 g/mol. The molecule has 1 aromatic carbocycles. The molecule has 0 aliphatic carbocycles. The highest BCUT2D eigenvalue weighted by Crippen LogP contribution is 2.16. The van der Waals surface area contributed by atoms with E-state index in [1.54, 1.807) is 12.1 Å². The lowest BCUT2D eigenvalue weighted by Gasteiger charge is -1.94. The third-order valence-corrected chi connectivity index (χ3v) is 1.98. The van der Waals surface area contributed by atoms with Crippen LogP contribution in [-0.2, 0) is 0 Å². The van der Waals surface area contributed by atoms with Gasteiger partial charge in [0.15, 0.2) is 0 Å². The second kappa shape index (κ2) is 3.14. The van der Waals surface area contributed by atoms with Gasteiger partial charge in [0.05, 0.1) is 5.52 Å². The van der Waals surface area contributed by atoms with Crippen LogP contribution in [0.5, 0.6) is 0 Å². The molecule has 0 spiro atoms. The Hall–Kier alpha value is -1.43. The number of nitroso groups, excluding NO2 is 1. The van der Waals surface area contributed by atoms with Crippen molar-refractivity contribution < 1.29 is 0 Å². The van der Waals surface area contributed by atoms with Crippen LogP contribution in [0.4, 0.5) is 5.95 Å². The highest BCUT2D eigenvalue weighted by molar-refractivity contribution is 9.10. The summed E-state index contributed by atoms with van der Waals surface area (Å²) in [6.07, 6.45) is 0. The fourth-order valence-corrected chi connectivity index (χ4v) is 1.29. The van der Waals surface area contributed by atoms with Crippen molar-refractivity contribution in [1.29, 1.82) is 0 Å². The molecule has 0 saturated carbocycles. The van der Waals surface area contributed by atoms with Crippen LogP contribution in [0.15, 0.2) is 27.8 Å². The summed E-state index contributed by atoms with van der Waals surface area (Å²) in [5.74, 6) is -0.144. The summed E-state index contributed by atoms with van der Waals surface area (Å²) in [4.78, 5) is 14.0. The minimum atomic E-state index is -0.144. The van der Waals surface area contributed by atoms with Gasteiger partial charge in [-0.25, -0.2) is 4.98 Å². The van der Waals surface area contributed by atoms with Crippen molar-refractivity contribution in [3.8, 4) is 0 Å². The summed E-state index contributed by atoms with van der Waals surface area (Å²) in [7, 11) is 0. The van der Waals surface area contributed by atoms with Gasteiger partial charge < -0.3 is 0 Å². The van der Waals surface area contributed by atoms with Gasteiger partial charge in [-0.05, 0) is 18.2 Å². The first-order valence-electron chi connectivity index (χ1n) is 3.43. The first-order valence-corrected chi connectivity index (χ1v) is 4.22. The van der Waals surface area contributed by atoms with E-state index in [2.05, 4.69) is 36.3 Å². The number of nitrogens with zero attached hydrogens (tertiary/aromatic N) is 4. The molecule has 13 heavy (non-hydrogen) atoms. The van der Waals surface area contributed by atoms with Gasteiger partial charge in [0.25, 0.3) is 0 Å². The Morgan fingerprint density at radius 2 is 2.08 bits per heavy atom. The molecule has 2 rings (SSSR count). The summed E-state index contributed by atoms with van der Waals surface area (Å²) in [6.45, 7) is 0. The fourth-order valence-electron chi connectivity index (χ4n) is 0.939. The lowest BCUT2D eigenvalue weighted by molar-refractivity contribution is 1.01. The van der Waals surface area contributed by atoms with Crippen LogP contribution in [-0.4, -0.2) is 15.2 Å². The van der Waals surface area contributed by atoms with Gasteiger partial charge in [0.2, 0.25) is 0 Å². The van der Waals surface area contributed by atoms with Crippen LogP contribution in [0, 0.1) is 4.91 Å². The SMILES string of the molecule is O=Nc1nnc2cc(Br)ccc2n1. The van der Waals surface area contributed by atoms with Gasteiger partial charge in [0.1, 0.15) is 5.52 Å². The lowest BCUT2D eigenvalue weighted by Crippen LogP contribution is -1.87. The molecule has 5 nitrogen and oxygen atoms in total. The molecule has 0 unspecified atom stereocenters. The van der Waals surface area contributed by atoms with Crippen molar-refractivity contribution in [2.45, 2.75) is 0 Å². The third-order valence-electron chi connectivity index (χ3n) is 1.49. The standard InChI is InChI=1S/C7H3BrN4O/c8-4-1-2-5-6(3-4)10-11-7(9-5)12-13/h1-3H. The monoisotopic (exact) mass is 238 g/mol. The number of aromatic nitrogens is 3. The molecule has 0 N–H and O–H groups in total. The molecule has 0 aliphatic rings. The molecule has 0 saturated heterocycles. The Bertz CT molecular complexity index is 473. The van der Waals surface area contributed by atoms with E-state index in [0.29, 0.717) is 11.0 Å². The normalized spacial score (nSPS) is 10.2. The van der Waals surface area contributed by atoms with Crippen LogP contribution in [0.3, 0.4) is 0 Å². The van der Waals surface area contributed by atoms with E-state index in [9.17, 15) is 4.91 Å². The van der Waals surface area contributed by atoms with E-state index < -0.39 is 0 Å². The van der Waals surface area contributed by atoms with E-state index in [-0.39, 0.29) is 5.95 Å². The molecule has 1 heterocycles. The summed E-state index contributed by atoms with van der Waals surface area (Å²) in [6, 6.07) is 5.32. The first kappa shape index (κ1) is 8.18. The second-order valence-corrected chi connectivity index (χ2v) is 3.25. The maximum Gasteiger partial charge on any atom is 0.310 e. The minimum Gasteiger partial charge on any atom is -0.205 e. The van der Waals surface area contributed by atoms with Gasteiger partial charge in [-0.15, -0.1) is 15.1 Å². The zero-order valence-electron chi connectivity index (χ0n) is 6.31. The molecule has 0 aliphatic heterocycles. The highest BCUT2D eigenvalue weighted by atomic mass is 79.9. The predicted octanol–water partition coefficient (Wildman–Crippen LogP) is 2.19. The van der Waals surface area contributed by atoms with Gasteiger partial charge in [0, 0.05) is 9.65 Å². The quantitative estimate of drug-likeness (QED) is 0.715. The van der Waals surface area contributed by atoms with Gasteiger partial charge in [-0.1, -0.05) is 15.9 Å². The zero-order valence-corrected chi connectivity index (χ0v) is 7.89. The molecule has 2 aromatic rings. The Kier molecular flexibility index (Phi) is 1.97. The zero-order chi connectivity index (χ0) is 9.26. The van der Waals surface area contributed by atoms with Crippen LogP contribution in [0.1, 0.15) is 0 Å². The molecule has 6 heteroatoms. The van der Waals surface area contributed by atoms with Crippen LogP contribution >= 0.6 is 15.9 Å². The third kappa shape index (κ3) is 1.52. The van der Waals surface area contributed by atoms with E-state index >= 15 is 0 Å². The number of halogens is 1. The smallest absolute Gasteiger partial charge is 0.205 e. The Balaban J connectivity index is 2.73. The summed E-state index contributed by atoms with van der Waals surface area (Å²) in [5.41, 5.74) is 1.23. The average Bonchev–Trinajstić information content (AvgIpc) is 2.17. The maximum atomic E-state index is 10.1. The van der Waals surface area contributed by atoms with Crippen molar-refractivity contribution >= 4 is 32.9 Å². The van der Waals surface area contributed by atoms with E-state index in [1.807, 2.05) is 6.07 Å². The molecule has 0 amide bonds. The number of hydrogen-bond donors (Lipinski definition) is 0. The van der Waals surface area contributed by atoms with Gasteiger partial charge in [-0.2, -0.15) is 0 Å². The molecule has 0 bridgehead atoms. The molecular weight excluding hydrogens is 236 g/mol. The van der Waals surface area contributed by atoms with Gasteiger partial charge >= 0.3 is 5.95 Å². The number of benzene rings is 1. The Morgan fingerprint density at radius 1 is 1.23 bits per heavy atom. The van der Waals surface area contributed by atoms with E-state index in [0.717, 1.165) is 4.47 Å². The number of rotatable bonds is 1. The fraction of sp³-hybridized carbons (Fsp3) is 0. The van der Waals surface area contributed by atoms with Crippen molar-refractivity contribution in [2.24, 2.45) is 5.18 Å². The molecule has 0 radical (unpaired) electrons. The van der Waals surface area contributed by atoms with E-state index in [4.69, 9.17) is 0 Å². The summed E-state index contributed by atoms with van der Waals surface area (Å²) >= 11 is 3.29. The topological polar surface area (TPSA) is 68.1 Å². The van der Waals surface area contributed by atoms with E-state index in [1.165, 1.54) is 0 Å². The summed E-state index contributed by atoms with van der Waals surface area (Å²) in [5, 5.41) is 9.88. The number of hydrogen-bond acceptors (Lipinski definition) is 5. The van der Waals surface area contributed by atoms with Crippen molar-refractivity contribution in [3.63, 3.8) is 0 Å². The Morgan fingerprint density at radius 3 is 2.85 bits per heavy atom. The molecule has 64 valence electrons. The Labute approximate surface area is 81.3 Å². The molecular formula is C7H3BrN4O. The summed E-state index contributed by atoms with van der Waals surface area (Å²) < 4.78 is 0.892. The minimum absolute atomic E-state index is 0.144. The van der Waals surface area contributed by atoms with Crippen LogP contribution < -0.4 is 0 Å². The van der Waals surface area contributed by atoms with Crippen LogP contribution in [0.25, 0.3) is 11.0 Å². The lowest BCUT2D eigenvalue weighted by atomic mass is 10.3. The molecule has 0 fully saturated rings. The van der Waals surface area contributed by atoms with Crippen molar-refractivity contribution in [2.75, 3.05) is 0 Å². The van der Waals surface area contributed by atoms with Crippen LogP contribution in [0.2, 0.25) is 0 Å². The van der Waals surface area contributed by atoms with Gasteiger partial charge in [-0.3, -0.25) is 0 Å². The van der Waals surface area contributed by atoms with Crippen molar-refractivity contribution in [3.05, 3.63) is 27.6 Å². The predicted molar refractivity (Wildman–Crippen MR) is 50.5 cm³/mol. The number of fused-ring (bicyclic) bond motifs is 1. The largest absolute Gasteiger partial charge is 0.310 e.